The van der Waals surface area contributed by atoms with Gasteiger partial charge in [0.05, 0.1) is 18.5 Å². The predicted molar refractivity (Wildman–Crippen MR) is 189 cm³/mol. The Morgan fingerprint density at radius 1 is 0.962 bits per heavy atom. The number of aliphatic hydroxyl groups excluding tert-OH is 1. The highest BCUT2D eigenvalue weighted by atomic mass is 19.4. The van der Waals surface area contributed by atoms with Crippen molar-refractivity contribution in [1.29, 1.82) is 0 Å². The number of halogens is 3. The van der Waals surface area contributed by atoms with E-state index in [1.807, 2.05) is 61.0 Å². The molecule has 3 N–H and O–H groups in total. The number of amides is 3. The highest BCUT2D eigenvalue weighted by molar-refractivity contribution is 5.89. The molecule has 1 aliphatic rings. The van der Waals surface area contributed by atoms with E-state index in [2.05, 4.69) is 20.4 Å². The molecule has 4 rings (SSSR count). The van der Waals surface area contributed by atoms with Gasteiger partial charge in [-0.1, -0.05) is 56.3 Å². The van der Waals surface area contributed by atoms with Crippen molar-refractivity contribution >= 4 is 23.6 Å². The van der Waals surface area contributed by atoms with Crippen LogP contribution in [0.3, 0.4) is 0 Å². The van der Waals surface area contributed by atoms with E-state index in [0.717, 1.165) is 23.4 Å². The van der Waals surface area contributed by atoms with Gasteiger partial charge in [-0.05, 0) is 75.3 Å². The molecule has 4 atom stereocenters. The average molecular weight is 728 g/mol. The number of ether oxygens (including phenoxy) is 2. The van der Waals surface area contributed by atoms with Crippen LogP contribution in [0, 0.1) is 11.8 Å². The number of nitrogens with zero attached hydrogens (tertiary/aromatic N) is 3. The first-order chi connectivity index (χ1) is 24.5. The maximum absolute atomic E-state index is 14.1. The number of nitrogens with one attached hydrogen (secondary N) is 2. The lowest BCUT2D eigenvalue weighted by atomic mass is 9.88. The van der Waals surface area contributed by atoms with Gasteiger partial charge in [-0.25, -0.2) is 9.78 Å². The highest BCUT2D eigenvalue weighted by Gasteiger charge is 2.35. The molecule has 1 aliphatic heterocycles. The topological polar surface area (TPSA) is 135 Å². The normalized spacial score (nSPS) is 16.0. The fraction of sp³-hybridized carbons (Fsp3) is 0.474. The molecule has 282 valence electrons. The second-order valence-corrected chi connectivity index (χ2v) is 14.3. The molecule has 0 unspecified atom stereocenters. The molecule has 14 heteroatoms. The Bertz CT molecular complexity index is 1640. The zero-order chi connectivity index (χ0) is 38.1. The molecule has 0 bridgehead atoms. The van der Waals surface area contributed by atoms with E-state index in [0.29, 0.717) is 25.1 Å². The summed E-state index contributed by atoms with van der Waals surface area (Å²) in [6, 6.07) is 12.6. The van der Waals surface area contributed by atoms with Crippen LogP contribution in [-0.4, -0.2) is 80.7 Å². The Labute approximate surface area is 302 Å². The number of aromatic nitrogens is 2. The second-order valence-electron chi connectivity index (χ2n) is 14.3. The zero-order valence-corrected chi connectivity index (χ0v) is 30.1. The first-order valence-corrected chi connectivity index (χ1v) is 17.3. The lowest BCUT2D eigenvalue weighted by molar-refractivity contribution is -0.274. The van der Waals surface area contributed by atoms with Crippen molar-refractivity contribution in [2.75, 3.05) is 13.1 Å². The molecule has 0 spiro atoms. The van der Waals surface area contributed by atoms with Gasteiger partial charge in [0.15, 0.2) is 0 Å². The quantitative estimate of drug-likeness (QED) is 0.193. The monoisotopic (exact) mass is 727 g/mol. The number of benzene rings is 2. The number of hydrogen-bond donors (Lipinski definition) is 3. The van der Waals surface area contributed by atoms with E-state index in [4.69, 9.17) is 4.74 Å². The van der Waals surface area contributed by atoms with Crippen LogP contribution in [0.15, 0.2) is 79.4 Å². The van der Waals surface area contributed by atoms with E-state index in [1.54, 1.807) is 38.2 Å². The van der Waals surface area contributed by atoms with Crippen LogP contribution in [-0.2, 0) is 27.2 Å². The number of aliphatic hydroxyl groups is 1. The van der Waals surface area contributed by atoms with Crippen LogP contribution in [0.1, 0.15) is 58.6 Å². The Balaban J connectivity index is 1.57. The molecule has 0 radical (unpaired) electrons. The zero-order valence-electron chi connectivity index (χ0n) is 30.1. The molecule has 2 heterocycles. The highest BCUT2D eigenvalue weighted by Crippen LogP contribution is 2.26. The summed E-state index contributed by atoms with van der Waals surface area (Å²) in [6.45, 7) is 9.57. The number of alkyl halides is 3. The number of imidazole rings is 1. The van der Waals surface area contributed by atoms with E-state index in [1.165, 1.54) is 12.1 Å². The first-order valence-electron chi connectivity index (χ1n) is 17.3. The Morgan fingerprint density at radius 3 is 2.19 bits per heavy atom. The summed E-state index contributed by atoms with van der Waals surface area (Å²) >= 11 is 0. The van der Waals surface area contributed by atoms with Gasteiger partial charge in [0.25, 0.3) is 0 Å². The Hall–Kier alpha value is -4.85. The smallest absolute Gasteiger partial charge is 0.444 e. The summed E-state index contributed by atoms with van der Waals surface area (Å²) in [5.74, 6) is -2.44. The summed E-state index contributed by atoms with van der Waals surface area (Å²) in [6.07, 6.45) is 0.942. The summed E-state index contributed by atoms with van der Waals surface area (Å²) < 4.78 is 49.8. The molecular formula is C38H48F3N5O6. The van der Waals surface area contributed by atoms with Gasteiger partial charge >= 0.3 is 12.5 Å². The first kappa shape index (κ1) is 39.9. The average Bonchev–Trinajstić information content (AvgIpc) is 3.61. The molecule has 3 aromatic rings. The van der Waals surface area contributed by atoms with Gasteiger partial charge in [0.2, 0.25) is 11.8 Å². The molecular weight excluding hydrogens is 679 g/mol. The lowest BCUT2D eigenvalue weighted by Gasteiger charge is -2.33. The number of rotatable bonds is 14. The molecule has 52 heavy (non-hydrogen) atoms. The van der Waals surface area contributed by atoms with Gasteiger partial charge in [0.1, 0.15) is 17.4 Å². The molecule has 1 aromatic heterocycles. The molecule has 0 saturated carbocycles. The third-order valence-corrected chi connectivity index (χ3v) is 8.56. The largest absolute Gasteiger partial charge is 0.573 e. The fourth-order valence-corrected chi connectivity index (χ4v) is 5.96. The Kier molecular flexibility index (Phi) is 13.5. The second kappa shape index (κ2) is 17.6. The molecule has 3 amide bonds. The summed E-state index contributed by atoms with van der Waals surface area (Å²) in [5.41, 5.74) is 1.53. The van der Waals surface area contributed by atoms with Crippen molar-refractivity contribution in [3.63, 3.8) is 0 Å². The SMILES string of the molecule is CC(C)[C@H](NC(=O)[C@H](Cc1ccc(OC(F)(F)F)cc1)C[C@H](O)[C@H](Cc1ccccc1)NC(=O)OC(C)(C)C)C(=O)N1CC=C(n2ccnc2)CC1. The van der Waals surface area contributed by atoms with Crippen LogP contribution in [0.25, 0.3) is 5.70 Å². The van der Waals surface area contributed by atoms with Crippen molar-refractivity contribution < 1.29 is 42.1 Å². The van der Waals surface area contributed by atoms with Crippen molar-refractivity contribution in [2.24, 2.45) is 11.8 Å². The van der Waals surface area contributed by atoms with Crippen molar-refractivity contribution in [3.8, 4) is 5.75 Å². The van der Waals surface area contributed by atoms with Crippen molar-refractivity contribution in [3.05, 3.63) is 90.5 Å². The van der Waals surface area contributed by atoms with Crippen molar-refractivity contribution in [1.82, 2.24) is 25.1 Å². The number of hydrogen-bond acceptors (Lipinski definition) is 7. The fourth-order valence-electron chi connectivity index (χ4n) is 5.96. The minimum absolute atomic E-state index is 0.0133. The standard InChI is InChI=1S/C38H48F3N5O6/c1-25(2)33(35(49)45-18-15-29(16-19-45)46-20-17-42-24-46)44-34(48)28(21-27-11-13-30(14-12-27)51-38(39,40)41)23-32(47)31(22-26-9-7-6-8-10-26)43-36(50)52-37(3,4)5/h6-15,17,20,24-25,28,31-33,47H,16,18-19,21-23H2,1-5H3,(H,43,50)(H,44,48)/t28-,31+,32+,33+/m1/s1. The van der Waals surface area contributed by atoms with Crippen LogP contribution < -0.4 is 15.4 Å². The van der Waals surface area contributed by atoms with E-state index < -0.39 is 53.8 Å². The molecule has 11 nitrogen and oxygen atoms in total. The number of carbonyl (C=O) groups excluding carboxylic acids is 3. The van der Waals surface area contributed by atoms with Gasteiger partial charge in [-0.15, -0.1) is 13.2 Å². The van der Waals surface area contributed by atoms with Gasteiger partial charge in [0, 0.05) is 43.5 Å². The number of carbonyl (C=O) groups is 3. The van der Waals surface area contributed by atoms with E-state index in [9.17, 15) is 32.7 Å². The molecule has 0 fully saturated rings. The maximum Gasteiger partial charge on any atom is 0.573 e. The third-order valence-electron chi connectivity index (χ3n) is 8.56. The summed E-state index contributed by atoms with van der Waals surface area (Å²) in [5, 5.41) is 17.3. The number of alkyl carbamates (subject to hydrolysis) is 1. The maximum atomic E-state index is 14.1. The minimum atomic E-state index is -4.87. The summed E-state index contributed by atoms with van der Waals surface area (Å²) in [4.78, 5) is 46.6. The predicted octanol–water partition coefficient (Wildman–Crippen LogP) is 5.74. The van der Waals surface area contributed by atoms with Gasteiger partial charge in [-0.3, -0.25) is 9.59 Å². The lowest BCUT2D eigenvalue weighted by Crippen LogP contribution is -2.54. The van der Waals surface area contributed by atoms with E-state index >= 15 is 0 Å². The van der Waals surface area contributed by atoms with Crippen molar-refractivity contribution in [2.45, 2.75) is 90.5 Å². The van der Waals surface area contributed by atoms with E-state index in [-0.39, 0.29) is 31.1 Å². The molecule has 0 saturated heterocycles. The van der Waals surface area contributed by atoms with Gasteiger partial charge in [-0.2, -0.15) is 0 Å². The van der Waals surface area contributed by atoms with Crippen LogP contribution >= 0.6 is 0 Å². The van der Waals surface area contributed by atoms with Gasteiger partial charge < -0.3 is 34.7 Å². The van der Waals surface area contributed by atoms with Crippen LogP contribution in [0.4, 0.5) is 18.0 Å². The van der Waals surface area contributed by atoms with Crippen LogP contribution in [0.2, 0.25) is 0 Å². The molecule has 2 aromatic carbocycles. The molecule has 0 aliphatic carbocycles. The summed E-state index contributed by atoms with van der Waals surface area (Å²) in [7, 11) is 0. The third kappa shape index (κ3) is 12.4. The van der Waals surface area contributed by atoms with Crippen LogP contribution in [0.5, 0.6) is 5.75 Å². The Morgan fingerprint density at radius 2 is 1.63 bits per heavy atom. The minimum Gasteiger partial charge on any atom is -0.444 e.